The van der Waals surface area contributed by atoms with Gasteiger partial charge in [-0.15, -0.1) is 0 Å². The molecule has 0 heterocycles. The Kier molecular flexibility index (Phi) is 27.3. The number of esters is 4. The SMILES string of the molecule is CC(C)(C)OC(=O)CN(CCN(CCN(CC(=O)OC(C)(C)C)CC(=O)OC(C)(C)C)C(CCC(=O)NCC1CCC(C(=O)N[C@@H](Cc2ccc(-c3ccccc3)cc2)C(=O)O)CC1)P(=O)(OC(C)(C)C)OC(C)(C)C)CC(=O)OC(C)(C)C. The Labute approximate surface area is 501 Å². The summed E-state index contributed by atoms with van der Waals surface area (Å²) in [4.78, 5) is 98.9. The Hall–Kier alpha value is -5.24. The molecule has 84 heavy (non-hydrogen) atoms. The summed E-state index contributed by atoms with van der Waals surface area (Å²) >= 11 is 0. The fourth-order valence-corrected chi connectivity index (χ4v) is 12.4. The molecule has 474 valence electrons. The zero-order valence-corrected chi connectivity index (χ0v) is 54.7. The summed E-state index contributed by atoms with van der Waals surface area (Å²) in [5.74, 6) is -5.79. The molecule has 0 aliphatic heterocycles. The van der Waals surface area contributed by atoms with Gasteiger partial charge in [-0.3, -0.25) is 48.0 Å². The monoisotopic (exact) mass is 1200 g/mol. The van der Waals surface area contributed by atoms with Gasteiger partial charge in [0.15, 0.2) is 0 Å². The highest BCUT2D eigenvalue weighted by Gasteiger charge is 2.46. The van der Waals surface area contributed by atoms with E-state index in [4.69, 9.17) is 28.0 Å². The van der Waals surface area contributed by atoms with Crippen molar-refractivity contribution in [2.45, 2.75) is 215 Å². The number of carboxylic acid groups (broad SMARTS) is 1. The molecule has 21 heteroatoms. The van der Waals surface area contributed by atoms with E-state index < -0.39 is 88.8 Å². The van der Waals surface area contributed by atoms with Crippen molar-refractivity contribution in [1.82, 2.24) is 25.3 Å². The number of carbonyl (C=O) groups excluding carboxylic acids is 6. The van der Waals surface area contributed by atoms with E-state index in [-0.39, 0.29) is 89.4 Å². The van der Waals surface area contributed by atoms with Crippen LogP contribution < -0.4 is 10.6 Å². The Morgan fingerprint density at radius 2 is 0.940 bits per heavy atom. The van der Waals surface area contributed by atoms with Gasteiger partial charge in [-0.2, -0.15) is 0 Å². The van der Waals surface area contributed by atoms with Crippen LogP contribution in [0.4, 0.5) is 0 Å². The van der Waals surface area contributed by atoms with Crippen LogP contribution in [0.1, 0.15) is 169 Å². The fraction of sp³-hybridized carbons (Fsp3) is 0.698. The maximum Gasteiger partial charge on any atom is 0.348 e. The average molecular weight is 1200 g/mol. The van der Waals surface area contributed by atoms with E-state index in [0.29, 0.717) is 32.2 Å². The van der Waals surface area contributed by atoms with Crippen molar-refractivity contribution in [2.24, 2.45) is 11.8 Å². The lowest BCUT2D eigenvalue weighted by Gasteiger charge is -2.42. The van der Waals surface area contributed by atoms with E-state index in [1.165, 1.54) is 0 Å². The highest BCUT2D eigenvalue weighted by molar-refractivity contribution is 7.54. The van der Waals surface area contributed by atoms with Crippen LogP contribution in [0.25, 0.3) is 11.1 Å². The molecule has 2 amide bonds. The van der Waals surface area contributed by atoms with Crippen LogP contribution in [0.3, 0.4) is 0 Å². The minimum Gasteiger partial charge on any atom is -0.480 e. The van der Waals surface area contributed by atoms with Gasteiger partial charge in [-0.1, -0.05) is 54.6 Å². The number of nitrogens with zero attached hydrogens (tertiary/aromatic N) is 3. The van der Waals surface area contributed by atoms with Crippen molar-refractivity contribution in [3.8, 4) is 11.1 Å². The molecule has 2 atom stereocenters. The molecule has 1 saturated carbocycles. The van der Waals surface area contributed by atoms with Gasteiger partial charge < -0.3 is 43.7 Å². The Balaban J connectivity index is 1.96. The molecule has 0 spiro atoms. The number of hydrogen-bond donors (Lipinski definition) is 3. The van der Waals surface area contributed by atoms with Gasteiger partial charge in [0.2, 0.25) is 11.8 Å². The topological polar surface area (TPSA) is 246 Å². The first kappa shape index (κ1) is 73.0. The average Bonchev–Trinajstić information content (AvgIpc) is 1.84. The van der Waals surface area contributed by atoms with Crippen LogP contribution in [0.15, 0.2) is 54.6 Å². The van der Waals surface area contributed by atoms with Crippen LogP contribution >= 0.6 is 7.60 Å². The molecule has 1 aliphatic carbocycles. The summed E-state index contributed by atoms with van der Waals surface area (Å²) in [7, 11) is -4.37. The van der Waals surface area contributed by atoms with Gasteiger partial charge in [0.25, 0.3) is 0 Å². The van der Waals surface area contributed by atoms with Crippen LogP contribution in [0.2, 0.25) is 0 Å². The molecule has 2 aromatic carbocycles. The molecule has 1 unspecified atom stereocenters. The lowest BCUT2D eigenvalue weighted by atomic mass is 9.81. The van der Waals surface area contributed by atoms with Crippen LogP contribution in [-0.4, -0.2) is 166 Å². The Bertz CT molecular complexity index is 2360. The number of rotatable bonds is 29. The quantitative estimate of drug-likeness (QED) is 0.0390. The van der Waals surface area contributed by atoms with E-state index in [0.717, 1.165) is 16.7 Å². The summed E-state index contributed by atoms with van der Waals surface area (Å²) in [6.45, 7) is 30.1. The summed E-state index contributed by atoms with van der Waals surface area (Å²) in [6.07, 6.45) is 2.08. The van der Waals surface area contributed by atoms with Crippen molar-refractivity contribution in [1.29, 1.82) is 0 Å². The van der Waals surface area contributed by atoms with Crippen molar-refractivity contribution >= 4 is 49.3 Å². The predicted octanol–water partition coefficient (Wildman–Crippen LogP) is 9.59. The molecule has 0 saturated heterocycles. The third kappa shape index (κ3) is 30.2. The second-order valence-electron chi connectivity index (χ2n) is 28.0. The van der Waals surface area contributed by atoms with Crippen molar-refractivity contribution in [3.05, 3.63) is 60.2 Å². The second-order valence-corrected chi connectivity index (χ2v) is 30.0. The van der Waals surface area contributed by atoms with E-state index in [1.54, 1.807) is 139 Å². The van der Waals surface area contributed by atoms with Gasteiger partial charge in [0, 0.05) is 51.5 Å². The van der Waals surface area contributed by atoms with Gasteiger partial charge in [0.1, 0.15) is 34.2 Å². The first-order valence-corrected chi connectivity index (χ1v) is 31.1. The van der Waals surface area contributed by atoms with Crippen LogP contribution in [0, 0.1) is 11.8 Å². The highest BCUT2D eigenvalue weighted by atomic mass is 31.2. The third-order valence-electron chi connectivity index (χ3n) is 12.6. The van der Waals surface area contributed by atoms with E-state index in [1.807, 2.05) is 54.6 Å². The van der Waals surface area contributed by atoms with Crippen molar-refractivity contribution in [2.75, 3.05) is 58.9 Å². The number of benzene rings is 2. The van der Waals surface area contributed by atoms with Gasteiger partial charge >= 0.3 is 37.4 Å². The summed E-state index contributed by atoms with van der Waals surface area (Å²) in [5.41, 5.74) is -2.67. The van der Waals surface area contributed by atoms with Crippen molar-refractivity contribution < 1.29 is 71.2 Å². The molecule has 0 aromatic heterocycles. The second kappa shape index (κ2) is 31.4. The molecule has 20 nitrogen and oxygen atoms in total. The molecule has 2 aromatic rings. The molecule has 1 fully saturated rings. The number of carboxylic acids is 1. The van der Waals surface area contributed by atoms with Crippen LogP contribution in [-0.2, 0) is 72.5 Å². The summed E-state index contributed by atoms with van der Waals surface area (Å²) < 4.78 is 51.7. The Morgan fingerprint density at radius 3 is 1.31 bits per heavy atom. The number of carbonyl (C=O) groups is 7. The molecule has 3 rings (SSSR count). The predicted molar refractivity (Wildman–Crippen MR) is 324 cm³/mol. The summed E-state index contributed by atoms with van der Waals surface area (Å²) in [6, 6.07) is 16.4. The first-order chi connectivity index (χ1) is 38.4. The maximum atomic E-state index is 16.0. The number of ether oxygens (including phenoxy) is 4. The van der Waals surface area contributed by atoms with Gasteiger partial charge in [0.05, 0.1) is 37.4 Å². The smallest absolute Gasteiger partial charge is 0.348 e. The third-order valence-corrected chi connectivity index (χ3v) is 15.6. The number of amides is 2. The van der Waals surface area contributed by atoms with Gasteiger partial charge in [-0.25, -0.2) is 4.79 Å². The zero-order chi connectivity index (χ0) is 63.6. The number of aliphatic carboxylic acids is 1. The zero-order valence-electron chi connectivity index (χ0n) is 53.8. The maximum absolute atomic E-state index is 16.0. The molecule has 0 radical (unpaired) electrons. The van der Waals surface area contributed by atoms with E-state index in [9.17, 15) is 38.7 Å². The normalized spacial score (nSPS) is 16.4. The molecular weight excluding hydrogens is 1100 g/mol. The van der Waals surface area contributed by atoms with Gasteiger partial charge in [-0.05, 0) is 179 Å². The number of nitrogens with one attached hydrogen (secondary N) is 2. The lowest BCUT2D eigenvalue weighted by molar-refractivity contribution is -0.162. The standard InChI is InChI=1S/C63H102N5O15P/c1-58(2,3)78-52(70)40-66(41-53(71)79-59(4,5)6)34-36-68(37-35-67(42-54(72)80-60(7,8)9)43-55(73)81-61(10,11)12)51(84(77,82-62(13,14)15)83-63(16,17)18)33-32-50(69)64-39-45-26-30-48(31-27-45)56(74)65-49(57(75)76)38-44-24-28-47(29-25-44)46-22-20-19-21-23-46/h19-25,28-29,45,48-49,51H,26-27,30-43H2,1-18H3,(H,64,69)(H,65,74)(H,75,76)/t45?,48?,49-,51?/m0/s1. The molecule has 3 N–H and O–H groups in total. The van der Waals surface area contributed by atoms with Crippen LogP contribution in [0.5, 0.6) is 0 Å². The largest absolute Gasteiger partial charge is 0.480 e. The summed E-state index contributed by atoms with van der Waals surface area (Å²) in [5, 5.41) is 15.9. The first-order valence-electron chi connectivity index (χ1n) is 29.5. The van der Waals surface area contributed by atoms with Crippen molar-refractivity contribution in [3.63, 3.8) is 0 Å². The lowest BCUT2D eigenvalue weighted by Crippen LogP contribution is -2.49. The molecular formula is C63H102N5O15P. The highest BCUT2D eigenvalue weighted by Crippen LogP contribution is 2.60. The minimum absolute atomic E-state index is 0.00894. The fourth-order valence-electron chi connectivity index (χ4n) is 9.47. The Morgan fingerprint density at radius 1 is 0.548 bits per heavy atom. The number of hydrogen-bond acceptors (Lipinski definition) is 17. The molecule has 0 bridgehead atoms. The van der Waals surface area contributed by atoms with E-state index in [2.05, 4.69) is 10.6 Å². The minimum atomic E-state index is -4.37. The molecule has 1 aliphatic rings. The van der Waals surface area contributed by atoms with E-state index >= 15 is 4.57 Å².